The van der Waals surface area contributed by atoms with Crippen molar-refractivity contribution >= 4 is 23.7 Å². The molecule has 0 radical (unpaired) electrons. The molecule has 2 N–H and O–H groups in total. The van der Waals surface area contributed by atoms with Gasteiger partial charge in [0.15, 0.2) is 0 Å². The van der Waals surface area contributed by atoms with Crippen molar-refractivity contribution < 1.29 is 37.8 Å². The van der Waals surface area contributed by atoms with Crippen LogP contribution in [0.15, 0.2) is 115 Å². The van der Waals surface area contributed by atoms with Gasteiger partial charge in [0.05, 0.1) is 6.04 Å². The molecule has 0 aromatic heterocycles. The molecule has 9 nitrogen and oxygen atoms in total. The molecule has 0 bridgehead atoms. The van der Waals surface area contributed by atoms with Gasteiger partial charge in [0.2, 0.25) is 11.7 Å². The molecular weight excluding hydrogens is 704 g/mol. The van der Waals surface area contributed by atoms with Gasteiger partial charge in [0, 0.05) is 19.0 Å². The minimum Gasteiger partial charge on any atom is -0.530 e. The Morgan fingerprint density at radius 3 is 1.78 bits per heavy atom. The van der Waals surface area contributed by atoms with Crippen LogP contribution in [-0.2, 0) is 40.4 Å². The normalized spacial score (nSPS) is 13.1. The molecule has 4 aromatic rings. The average molecular weight is 755 g/mol. The summed E-state index contributed by atoms with van der Waals surface area (Å²) in [6.45, 7) is 6.87. The molecule has 0 saturated carbocycles. The highest BCUT2D eigenvalue weighted by Gasteiger charge is 2.51. The zero-order chi connectivity index (χ0) is 40.0. The van der Waals surface area contributed by atoms with Crippen LogP contribution < -0.4 is 20.5 Å². The number of hydrogen-bond donors (Lipinski definition) is 2. The third kappa shape index (κ3) is 12.5. The molecule has 0 aliphatic heterocycles. The van der Waals surface area contributed by atoms with Gasteiger partial charge in [-0.1, -0.05) is 131 Å². The van der Waals surface area contributed by atoms with E-state index in [1.54, 1.807) is 82.3 Å². The first kappa shape index (κ1) is 42.2. The van der Waals surface area contributed by atoms with Gasteiger partial charge >= 0.3 is 5.92 Å². The van der Waals surface area contributed by atoms with Crippen LogP contribution in [0, 0.1) is 11.8 Å². The molecule has 4 rings (SSSR count). The molecule has 292 valence electrons. The minimum atomic E-state index is -4.53. The van der Waals surface area contributed by atoms with Crippen molar-refractivity contribution in [2.45, 2.75) is 90.6 Å². The number of nitrogens with one attached hydrogen (secondary N) is 2. The molecule has 0 fully saturated rings. The van der Waals surface area contributed by atoms with Crippen LogP contribution >= 0.6 is 0 Å². The van der Waals surface area contributed by atoms with Crippen LogP contribution in [0.4, 0.5) is 13.6 Å². The van der Waals surface area contributed by atoms with E-state index >= 15 is 8.78 Å². The maximum Gasteiger partial charge on any atom is 0.383 e. The maximum atomic E-state index is 16.0. The summed E-state index contributed by atoms with van der Waals surface area (Å²) in [5.41, 5.74) is 2.98. The quantitative estimate of drug-likeness (QED) is 0.0989. The van der Waals surface area contributed by atoms with Crippen molar-refractivity contribution in [3.63, 3.8) is 0 Å². The van der Waals surface area contributed by atoms with Crippen molar-refractivity contribution in [1.29, 1.82) is 0 Å². The zero-order valence-corrected chi connectivity index (χ0v) is 31.8. The van der Waals surface area contributed by atoms with Crippen molar-refractivity contribution in [3.8, 4) is 5.75 Å². The van der Waals surface area contributed by atoms with E-state index in [1.807, 2.05) is 60.7 Å². The highest BCUT2D eigenvalue weighted by molar-refractivity contribution is 6.10. The average Bonchev–Trinajstić information content (AvgIpc) is 3.17. The number of carbonyl (C=O) groups excluding carboxylic acids is 4. The Hall–Kier alpha value is -5.58. The molecule has 55 heavy (non-hydrogen) atoms. The smallest absolute Gasteiger partial charge is 0.383 e. The fourth-order valence-corrected chi connectivity index (χ4v) is 6.36. The number of ether oxygens (including phenoxy) is 1. The highest BCUT2D eigenvalue weighted by atomic mass is 19.3. The molecule has 0 heterocycles. The summed E-state index contributed by atoms with van der Waals surface area (Å²) in [4.78, 5) is 54.2. The summed E-state index contributed by atoms with van der Waals surface area (Å²) in [6.07, 6.45) is -0.360. The summed E-state index contributed by atoms with van der Waals surface area (Å²) in [6, 6.07) is 30.1. The van der Waals surface area contributed by atoms with Crippen molar-refractivity contribution in [3.05, 3.63) is 138 Å². The molecular formula is C44H50F2N3O6-. The van der Waals surface area contributed by atoms with Gasteiger partial charge in [-0.05, 0) is 65.5 Å². The van der Waals surface area contributed by atoms with E-state index in [4.69, 9.17) is 4.74 Å². The first-order valence-corrected chi connectivity index (χ1v) is 18.6. The number of aryl methyl sites for hydroxylation is 1. The molecule has 0 aliphatic carbocycles. The second-order valence-electron chi connectivity index (χ2n) is 14.4. The monoisotopic (exact) mass is 754 g/mol. The fraction of sp³-hybridized carbons (Fsp3) is 0.364. The van der Waals surface area contributed by atoms with Gasteiger partial charge in [-0.2, -0.15) is 8.78 Å². The molecule has 0 spiro atoms. The van der Waals surface area contributed by atoms with E-state index in [2.05, 4.69) is 10.6 Å². The van der Waals surface area contributed by atoms with Gasteiger partial charge in [0.25, 0.3) is 5.91 Å². The first-order chi connectivity index (χ1) is 26.3. The third-order valence-electron chi connectivity index (χ3n) is 9.45. The summed E-state index contributed by atoms with van der Waals surface area (Å²) >= 11 is 0. The highest BCUT2D eigenvalue weighted by Crippen LogP contribution is 2.24. The lowest BCUT2D eigenvalue weighted by molar-refractivity contribution is -0.269. The molecule has 3 amide bonds. The topological polar surface area (TPSA) is 128 Å². The SMILES string of the molecule is CC(C)[C@H](CCCc1ccccc1)NC(=O)C(F)(F)C(=O)[C@H](Cc1ccc(OCc2ccccc2)cc1)NC(=O)[C@H](C(C)C)N(Cc1ccccc1)C(=O)[O-]. The Bertz CT molecular complexity index is 1820. The number of benzene rings is 4. The number of halogens is 2. The van der Waals surface area contributed by atoms with E-state index in [0.717, 1.165) is 16.0 Å². The summed E-state index contributed by atoms with van der Waals surface area (Å²) in [7, 11) is 0. The predicted molar refractivity (Wildman–Crippen MR) is 205 cm³/mol. The molecule has 11 heteroatoms. The second-order valence-corrected chi connectivity index (χ2v) is 14.4. The number of hydrogen-bond acceptors (Lipinski definition) is 6. The van der Waals surface area contributed by atoms with Crippen LogP contribution in [0.25, 0.3) is 0 Å². The standard InChI is InChI=1S/C44H51F2N3O6/c1-30(2)37(22-14-21-32-15-8-5-9-16-32)48-42(52)44(45,46)40(50)38(27-33-23-25-36(26-24-33)55-29-35-19-12-7-13-20-35)47-41(51)39(31(3)4)49(43(53)54)28-34-17-10-6-11-18-34/h5-13,15-20,23-26,30-31,37-39H,14,21-22,27-29H2,1-4H3,(H,47,51)(H,48,52)(H,53,54)/p-1/t37-,38-,39-/m0/s1. The van der Waals surface area contributed by atoms with E-state index in [-0.39, 0.29) is 19.1 Å². The van der Waals surface area contributed by atoms with Gasteiger partial charge in [-0.15, -0.1) is 0 Å². The largest absolute Gasteiger partial charge is 0.530 e. The second kappa shape index (κ2) is 20.2. The number of alkyl halides is 2. The van der Waals surface area contributed by atoms with Crippen LogP contribution in [0.1, 0.15) is 62.8 Å². The van der Waals surface area contributed by atoms with Crippen LogP contribution in [0.5, 0.6) is 5.75 Å². The zero-order valence-electron chi connectivity index (χ0n) is 31.8. The lowest BCUT2D eigenvalue weighted by Crippen LogP contribution is -2.61. The number of carbonyl (C=O) groups is 4. The predicted octanol–water partition coefficient (Wildman–Crippen LogP) is 6.53. The summed E-state index contributed by atoms with van der Waals surface area (Å²) in [5, 5.41) is 17.2. The van der Waals surface area contributed by atoms with E-state index in [0.29, 0.717) is 36.1 Å². The van der Waals surface area contributed by atoms with E-state index in [1.165, 1.54) is 0 Å². The molecule has 3 atom stereocenters. The Kier molecular flexibility index (Phi) is 15.5. The third-order valence-corrected chi connectivity index (χ3v) is 9.45. The van der Waals surface area contributed by atoms with Gasteiger partial charge in [-0.3, -0.25) is 14.4 Å². The number of ketones is 1. The maximum absolute atomic E-state index is 16.0. The van der Waals surface area contributed by atoms with Crippen LogP contribution in [0.2, 0.25) is 0 Å². The lowest BCUT2D eigenvalue weighted by Gasteiger charge is -2.36. The summed E-state index contributed by atoms with van der Waals surface area (Å²) in [5.74, 6) is -9.47. The van der Waals surface area contributed by atoms with Crippen molar-refractivity contribution in [2.24, 2.45) is 11.8 Å². The number of nitrogens with zero attached hydrogens (tertiary/aromatic N) is 1. The number of carboxylic acid groups (broad SMARTS) is 1. The Morgan fingerprint density at radius 1 is 0.709 bits per heavy atom. The van der Waals surface area contributed by atoms with Gasteiger partial charge in [0.1, 0.15) is 24.5 Å². The van der Waals surface area contributed by atoms with Crippen molar-refractivity contribution in [2.75, 3.05) is 0 Å². The van der Waals surface area contributed by atoms with Crippen LogP contribution in [0.3, 0.4) is 0 Å². The first-order valence-electron chi connectivity index (χ1n) is 18.6. The number of amides is 3. The molecule has 4 aromatic carbocycles. The van der Waals surface area contributed by atoms with Crippen LogP contribution in [-0.4, -0.2) is 52.6 Å². The van der Waals surface area contributed by atoms with E-state index in [9.17, 15) is 24.3 Å². The minimum absolute atomic E-state index is 0.212. The molecule has 0 saturated heterocycles. The van der Waals surface area contributed by atoms with Gasteiger partial charge in [-0.25, -0.2) is 0 Å². The van der Waals surface area contributed by atoms with Crippen molar-refractivity contribution in [1.82, 2.24) is 15.5 Å². The molecule has 0 aliphatic rings. The lowest BCUT2D eigenvalue weighted by atomic mass is 9.94. The number of rotatable bonds is 20. The fourth-order valence-electron chi connectivity index (χ4n) is 6.36. The summed E-state index contributed by atoms with van der Waals surface area (Å²) < 4.78 is 37.9. The molecule has 0 unspecified atom stereocenters. The van der Waals surface area contributed by atoms with E-state index < -0.39 is 60.1 Å². The van der Waals surface area contributed by atoms with Gasteiger partial charge < -0.3 is 30.2 Å². The Labute approximate surface area is 322 Å². The Morgan fingerprint density at radius 2 is 1.25 bits per heavy atom. The number of Topliss-reactive ketones (excluding diaryl/α,β-unsaturated/α-hetero) is 1. The Balaban J connectivity index is 1.56.